The van der Waals surface area contributed by atoms with E-state index < -0.39 is 5.97 Å². The number of nitrogens with one attached hydrogen (secondary N) is 1. The van der Waals surface area contributed by atoms with E-state index in [4.69, 9.17) is 9.84 Å². The molecule has 1 amide bonds. The number of benzene rings is 1. The number of carbonyl (C=O) groups excluding carboxylic acids is 1. The molecule has 5 nitrogen and oxygen atoms in total. The number of rotatable bonds is 6. The van der Waals surface area contributed by atoms with E-state index in [9.17, 15) is 9.59 Å². The van der Waals surface area contributed by atoms with Crippen molar-refractivity contribution in [3.05, 3.63) is 40.9 Å². The zero-order valence-electron chi connectivity index (χ0n) is 9.48. The van der Waals surface area contributed by atoms with Crippen molar-refractivity contribution in [1.82, 2.24) is 5.32 Å². The first-order chi connectivity index (χ1) is 8.54. The Morgan fingerprint density at radius 1 is 1.50 bits per heavy atom. The van der Waals surface area contributed by atoms with Gasteiger partial charge < -0.3 is 15.2 Å². The first kappa shape index (κ1) is 14.2. The zero-order chi connectivity index (χ0) is 13.5. The molecule has 0 aliphatic heterocycles. The number of hydrogen-bond acceptors (Lipinski definition) is 3. The smallest absolute Gasteiger partial charge is 0.335 e. The van der Waals surface area contributed by atoms with Gasteiger partial charge in [-0.25, -0.2) is 4.79 Å². The number of halogens is 1. The first-order valence-corrected chi connectivity index (χ1v) is 5.87. The van der Waals surface area contributed by atoms with Crippen LogP contribution < -0.4 is 10.1 Å². The number of hydrogen-bond donors (Lipinski definition) is 2. The molecule has 6 heteroatoms. The van der Waals surface area contributed by atoms with E-state index in [0.717, 1.165) is 0 Å². The molecule has 0 radical (unpaired) electrons. The average Bonchev–Trinajstić information content (AvgIpc) is 2.35. The summed E-state index contributed by atoms with van der Waals surface area (Å²) in [5.41, 5.74) is 0.0969. The second-order valence-corrected chi connectivity index (χ2v) is 4.19. The minimum Gasteiger partial charge on any atom is -0.483 e. The summed E-state index contributed by atoms with van der Waals surface area (Å²) in [5.74, 6) is -1.05. The molecule has 1 rings (SSSR count). The summed E-state index contributed by atoms with van der Waals surface area (Å²) in [4.78, 5) is 22.1. The normalized spacial score (nSPS) is 9.61. The molecule has 0 saturated carbocycles. The molecule has 96 valence electrons. The van der Waals surface area contributed by atoms with Crippen molar-refractivity contribution in [1.29, 1.82) is 0 Å². The Kier molecular flexibility index (Phi) is 5.38. The lowest BCUT2D eigenvalue weighted by molar-refractivity contribution is -0.122. The summed E-state index contributed by atoms with van der Waals surface area (Å²) in [6.45, 7) is 3.64. The maximum atomic E-state index is 11.3. The van der Waals surface area contributed by atoms with Crippen molar-refractivity contribution in [2.45, 2.75) is 0 Å². The third kappa shape index (κ3) is 4.21. The van der Waals surface area contributed by atoms with E-state index >= 15 is 0 Å². The topological polar surface area (TPSA) is 75.6 Å². The van der Waals surface area contributed by atoms with Crippen molar-refractivity contribution in [3.63, 3.8) is 0 Å². The quantitative estimate of drug-likeness (QED) is 0.786. The number of carbonyl (C=O) groups is 2. The van der Waals surface area contributed by atoms with Crippen molar-refractivity contribution in [3.8, 4) is 5.75 Å². The summed E-state index contributed by atoms with van der Waals surface area (Å²) >= 11 is 3.22. The predicted octanol–water partition coefficient (Wildman–Crippen LogP) is 1.83. The number of aromatic carboxylic acids is 1. The fraction of sp³-hybridized carbons (Fsp3) is 0.167. The number of ether oxygens (including phenoxy) is 1. The molecule has 2 N–H and O–H groups in total. The second-order valence-electron chi connectivity index (χ2n) is 3.33. The lowest BCUT2D eigenvalue weighted by Gasteiger charge is -2.08. The summed E-state index contributed by atoms with van der Waals surface area (Å²) < 4.78 is 5.82. The Morgan fingerprint density at radius 3 is 2.83 bits per heavy atom. The summed E-state index contributed by atoms with van der Waals surface area (Å²) in [6, 6.07) is 4.35. The van der Waals surface area contributed by atoms with Crippen LogP contribution in [0.25, 0.3) is 0 Å². The van der Waals surface area contributed by atoms with E-state index in [0.29, 0.717) is 16.8 Å². The van der Waals surface area contributed by atoms with Gasteiger partial charge in [0.05, 0.1) is 10.0 Å². The van der Waals surface area contributed by atoms with Gasteiger partial charge >= 0.3 is 5.97 Å². The average molecular weight is 314 g/mol. The van der Waals surface area contributed by atoms with Crippen LogP contribution in [0.2, 0.25) is 0 Å². The van der Waals surface area contributed by atoms with Gasteiger partial charge in [-0.15, -0.1) is 6.58 Å². The molecule has 0 saturated heterocycles. The van der Waals surface area contributed by atoms with Crippen molar-refractivity contribution in [2.75, 3.05) is 13.2 Å². The third-order valence-electron chi connectivity index (χ3n) is 1.98. The van der Waals surface area contributed by atoms with E-state index in [-0.39, 0.29) is 18.1 Å². The Labute approximate surface area is 113 Å². The van der Waals surface area contributed by atoms with Crippen LogP contribution in [-0.4, -0.2) is 30.1 Å². The lowest BCUT2D eigenvalue weighted by atomic mass is 10.2. The van der Waals surface area contributed by atoms with Crippen LogP contribution in [-0.2, 0) is 4.79 Å². The van der Waals surface area contributed by atoms with Crippen molar-refractivity contribution >= 4 is 27.8 Å². The van der Waals surface area contributed by atoms with Crippen LogP contribution in [0.1, 0.15) is 10.4 Å². The minimum atomic E-state index is -1.05. The highest BCUT2D eigenvalue weighted by atomic mass is 79.9. The molecule has 0 aliphatic rings. The van der Waals surface area contributed by atoms with Gasteiger partial charge in [-0.05, 0) is 34.1 Å². The highest BCUT2D eigenvalue weighted by Gasteiger charge is 2.09. The molecule has 18 heavy (non-hydrogen) atoms. The van der Waals surface area contributed by atoms with Crippen LogP contribution in [0.5, 0.6) is 5.75 Å². The summed E-state index contributed by atoms with van der Waals surface area (Å²) in [6.07, 6.45) is 1.55. The predicted molar refractivity (Wildman–Crippen MR) is 69.8 cm³/mol. The van der Waals surface area contributed by atoms with Gasteiger partial charge in [0.25, 0.3) is 5.91 Å². The maximum absolute atomic E-state index is 11.3. The number of carboxylic acids is 1. The van der Waals surface area contributed by atoms with E-state index in [1.54, 1.807) is 12.1 Å². The van der Waals surface area contributed by atoms with Crippen molar-refractivity contribution in [2.24, 2.45) is 0 Å². The van der Waals surface area contributed by atoms with Crippen LogP contribution >= 0.6 is 15.9 Å². The molecule has 1 aromatic rings. The van der Waals surface area contributed by atoms with Crippen LogP contribution in [0.15, 0.2) is 35.3 Å². The minimum absolute atomic E-state index is 0.0969. The third-order valence-corrected chi connectivity index (χ3v) is 2.64. The van der Waals surface area contributed by atoms with Gasteiger partial charge in [-0.1, -0.05) is 6.08 Å². The standard InChI is InChI=1S/C12H12BrNO4/c1-2-5-14-11(15)7-18-10-6-8(12(16)17)3-4-9(10)13/h2-4,6H,1,5,7H2,(H,14,15)(H,16,17). The molecular formula is C12H12BrNO4. The molecule has 0 spiro atoms. The van der Waals surface area contributed by atoms with Crippen LogP contribution in [0.4, 0.5) is 0 Å². The van der Waals surface area contributed by atoms with E-state index in [1.807, 2.05) is 0 Å². The highest BCUT2D eigenvalue weighted by molar-refractivity contribution is 9.10. The van der Waals surface area contributed by atoms with Crippen molar-refractivity contribution < 1.29 is 19.4 Å². The molecule has 0 aromatic heterocycles. The first-order valence-electron chi connectivity index (χ1n) is 5.08. The zero-order valence-corrected chi connectivity index (χ0v) is 11.1. The number of amides is 1. The Morgan fingerprint density at radius 2 is 2.22 bits per heavy atom. The van der Waals surface area contributed by atoms with Crippen LogP contribution in [0, 0.1) is 0 Å². The molecule has 0 fully saturated rings. The van der Waals surface area contributed by atoms with Gasteiger partial charge in [0.1, 0.15) is 5.75 Å². The Balaban J connectivity index is 2.66. The second kappa shape index (κ2) is 6.80. The lowest BCUT2D eigenvalue weighted by Crippen LogP contribution is -2.28. The molecule has 0 bridgehead atoms. The monoisotopic (exact) mass is 313 g/mol. The Bertz CT molecular complexity index is 473. The van der Waals surface area contributed by atoms with Crippen LogP contribution in [0.3, 0.4) is 0 Å². The van der Waals surface area contributed by atoms with Gasteiger partial charge in [-0.2, -0.15) is 0 Å². The molecule has 0 atom stereocenters. The van der Waals surface area contributed by atoms with Gasteiger partial charge in [0, 0.05) is 6.54 Å². The molecule has 0 heterocycles. The molecule has 0 unspecified atom stereocenters. The fourth-order valence-electron chi connectivity index (χ4n) is 1.13. The summed E-state index contributed by atoms with van der Waals surface area (Å²) in [5, 5.41) is 11.4. The Hall–Kier alpha value is -1.82. The van der Waals surface area contributed by atoms with E-state index in [1.165, 1.54) is 12.1 Å². The SMILES string of the molecule is C=CCNC(=O)COc1cc(C(=O)O)ccc1Br. The van der Waals surface area contributed by atoms with Gasteiger partial charge in [0.15, 0.2) is 6.61 Å². The number of carboxylic acid groups (broad SMARTS) is 1. The molecular weight excluding hydrogens is 302 g/mol. The largest absolute Gasteiger partial charge is 0.483 e. The maximum Gasteiger partial charge on any atom is 0.335 e. The molecule has 0 aliphatic carbocycles. The fourth-order valence-corrected chi connectivity index (χ4v) is 1.49. The highest BCUT2D eigenvalue weighted by Crippen LogP contribution is 2.26. The van der Waals surface area contributed by atoms with E-state index in [2.05, 4.69) is 27.8 Å². The van der Waals surface area contributed by atoms with Gasteiger partial charge in [0.2, 0.25) is 0 Å². The molecule has 1 aromatic carbocycles. The van der Waals surface area contributed by atoms with Gasteiger partial charge in [-0.3, -0.25) is 4.79 Å². The summed E-state index contributed by atoms with van der Waals surface area (Å²) in [7, 11) is 0.